The van der Waals surface area contributed by atoms with E-state index in [0.29, 0.717) is 13.2 Å². The fraction of sp³-hybridized carbons (Fsp3) is 0.857. The average molecular weight is 563 g/mol. The van der Waals surface area contributed by atoms with Crippen LogP contribution in [-0.2, 0) is 23.7 Å². The molecule has 15 heteroatoms. The van der Waals surface area contributed by atoms with Crippen LogP contribution < -0.4 is 0 Å². The number of rotatable bonds is 1. The summed E-state index contributed by atoms with van der Waals surface area (Å²) in [5.74, 6) is 0. The lowest BCUT2D eigenvalue weighted by Gasteiger charge is -2.20. The molecule has 2 saturated heterocycles. The molecular formula is C14H19Cl7O8. The van der Waals surface area contributed by atoms with E-state index >= 15 is 0 Å². The first-order valence-corrected chi connectivity index (χ1v) is 10.7. The molecule has 0 aromatic rings. The van der Waals surface area contributed by atoms with E-state index in [-0.39, 0.29) is 12.2 Å². The van der Waals surface area contributed by atoms with E-state index in [4.69, 9.17) is 101 Å². The van der Waals surface area contributed by atoms with Gasteiger partial charge in [0.1, 0.15) is 6.10 Å². The SMILES string of the molecule is O=C(Cl)OC1CCOCC1.O=C(OC(Cl)(Cl)Cl)OC(Cl)(Cl)Cl.OC1CCOCC1. The van der Waals surface area contributed by atoms with Crippen molar-refractivity contribution in [1.29, 1.82) is 0 Å². The van der Waals surface area contributed by atoms with Gasteiger partial charge in [0.25, 0.3) is 0 Å². The molecule has 0 unspecified atom stereocenters. The van der Waals surface area contributed by atoms with Crippen LogP contribution in [0.5, 0.6) is 0 Å². The van der Waals surface area contributed by atoms with Gasteiger partial charge in [0.05, 0.1) is 19.3 Å². The molecule has 29 heavy (non-hydrogen) atoms. The molecule has 172 valence electrons. The van der Waals surface area contributed by atoms with E-state index in [2.05, 4.69) is 9.47 Å². The van der Waals surface area contributed by atoms with E-state index < -0.39 is 19.5 Å². The van der Waals surface area contributed by atoms with Gasteiger partial charge >= 0.3 is 19.5 Å². The molecule has 0 saturated carbocycles. The largest absolute Gasteiger partial charge is 0.515 e. The van der Waals surface area contributed by atoms with Gasteiger partial charge in [0.2, 0.25) is 0 Å². The Morgan fingerprint density at radius 3 is 1.45 bits per heavy atom. The predicted octanol–water partition coefficient (Wildman–Crippen LogP) is 5.49. The molecule has 8 nitrogen and oxygen atoms in total. The van der Waals surface area contributed by atoms with Gasteiger partial charge in [0, 0.05) is 37.7 Å². The molecule has 0 amide bonds. The second kappa shape index (κ2) is 15.5. The lowest BCUT2D eigenvalue weighted by molar-refractivity contribution is 0.00927. The molecule has 0 radical (unpaired) electrons. The number of hydrogen-bond donors (Lipinski definition) is 1. The average Bonchev–Trinajstić information content (AvgIpc) is 2.53. The predicted molar refractivity (Wildman–Crippen MR) is 110 cm³/mol. The normalized spacial score (nSPS) is 18.3. The Morgan fingerprint density at radius 2 is 1.17 bits per heavy atom. The Balaban J connectivity index is 0.000000418. The Hall–Kier alpha value is 0.650. The first-order chi connectivity index (χ1) is 13.3. The second-order valence-electron chi connectivity index (χ2n) is 5.36. The van der Waals surface area contributed by atoms with Crippen LogP contribution in [0.4, 0.5) is 9.59 Å². The summed E-state index contributed by atoms with van der Waals surface area (Å²) >= 11 is 35.2. The van der Waals surface area contributed by atoms with Crippen LogP contribution in [0.25, 0.3) is 0 Å². The fourth-order valence-electron chi connectivity index (χ4n) is 1.82. The Labute approximate surface area is 202 Å². The summed E-state index contributed by atoms with van der Waals surface area (Å²) in [6, 6.07) is 0. The maximum Gasteiger partial charge on any atom is 0.515 e. The topological polar surface area (TPSA) is 101 Å². The summed E-state index contributed by atoms with van der Waals surface area (Å²) in [6.45, 7) is 2.80. The van der Waals surface area contributed by atoms with Crippen molar-refractivity contribution >= 4 is 92.8 Å². The zero-order chi connectivity index (χ0) is 22.5. The van der Waals surface area contributed by atoms with Gasteiger partial charge in [-0.1, -0.05) is 0 Å². The minimum absolute atomic E-state index is 0.0289. The van der Waals surface area contributed by atoms with Crippen molar-refractivity contribution in [3.63, 3.8) is 0 Å². The summed E-state index contributed by atoms with van der Waals surface area (Å²) in [5, 5.41) is 8.83. The lowest BCUT2D eigenvalue weighted by atomic mass is 10.2. The molecule has 2 aliphatic rings. The number of aliphatic hydroxyl groups excluding tert-OH is 1. The zero-order valence-corrected chi connectivity index (χ0v) is 20.1. The van der Waals surface area contributed by atoms with Crippen LogP contribution in [-0.4, -0.2) is 63.3 Å². The molecule has 0 spiro atoms. The Kier molecular flexibility index (Phi) is 15.8. The van der Waals surface area contributed by atoms with Crippen molar-refractivity contribution in [2.45, 2.75) is 45.8 Å². The van der Waals surface area contributed by atoms with Crippen molar-refractivity contribution in [3.05, 3.63) is 0 Å². The highest BCUT2D eigenvalue weighted by molar-refractivity contribution is 6.67. The van der Waals surface area contributed by atoms with Gasteiger partial charge in [-0.2, -0.15) is 0 Å². The smallest absolute Gasteiger partial charge is 0.450 e. The molecule has 0 aliphatic carbocycles. The van der Waals surface area contributed by atoms with Crippen molar-refractivity contribution < 1.29 is 38.4 Å². The maximum atomic E-state index is 10.5. The molecule has 2 heterocycles. The van der Waals surface area contributed by atoms with Gasteiger partial charge in [-0.3, -0.25) is 0 Å². The van der Waals surface area contributed by atoms with Crippen LogP contribution in [0.3, 0.4) is 0 Å². The lowest BCUT2D eigenvalue weighted by Crippen LogP contribution is -2.24. The zero-order valence-electron chi connectivity index (χ0n) is 14.8. The van der Waals surface area contributed by atoms with E-state index in [1.165, 1.54) is 0 Å². The highest BCUT2D eigenvalue weighted by Gasteiger charge is 2.32. The molecule has 0 atom stereocenters. The molecular weight excluding hydrogens is 544 g/mol. The van der Waals surface area contributed by atoms with Gasteiger partial charge in [-0.25, -0.2) is 9.59 Å². The Bertz CT molecular complexity index is 454. The molecule has 1 N–H and O–H groups in total. The first kappa shape index (κ1) is 29.7. The van der Waals surface area contributed by atoms with Gasteiger partial charge in [-0.15, -0.1) is 0 Å². The third-order valence-electron chi connectivity index (χ3n) is 3.02. The number of carbonyl (C=O) groups is 2. The number of halogens is 7. The molecule has 2 rings (SSSR count). The number of carbonyl (C=O) groups excluding carboxylic acids is 2. The highest BCUT2D eigenvalue weighted by Crippen LogP contribution is 2.32. The summed E-state index contributed by atoms with van der Waals surface area (Å²) in [5.41, 5.74) is -0.716. The minimum atomic E-state index is -2.24. The summed E-state index contributed by atoms with van der Waals surface area (Å²) in [4.78, 5) is 20.7. The van der Waals surface area contributed by atoms with Crippen LogP contribution in [0.2, 0.25) is 0 Å². The third-order valence-corrected chi connectivity index (χ3v) is 3.57. The molecule has 0 aromatic carbocycles. The van der Waals surface area contributed by atoms with Crippen molar-refractivity contribution in [2.24, 2.45) is 0 Å². The standard InChI is InChI=1S/C6H9ClO3.C5H10O2.C3Cl6O3/c7-6(8)10-5-1-3-9-4-2-5;6-5-1-3-7-4-2-5;4-2(5,6)11-1(10)12-3(7,8)9/h5H,1-4H2;5-6H,1-4H2;. The summed E-state index contributed by atoms with van der Waals surface area (Å²) in [6.07, 6.45) is 1.64. The molecule has 0 aromatic heterocycles. The second-order valence-corrected chi connectivity index (χ2v) is 10.0. The molecule has 0 bridgehead atoms. The van der Waals surface area contributed by atoms with Crippen LogP contribution in [0, 0.1) is 0 Å². The van der Waals surface area contributed by atoms with Crippen LogP contribution >= 0.6 is 81.2 Å². The Morgan fingerprint density at radius 1 is 0.793 bits per heavy atom. The number of aliphatic hydroxyl groups is 1. The van der Waals surface area contributed by atoms with Crippen LogP contribution in [0.15, 0.2) is 0 Å². The van der Waals surface area contributed by atoms with Gasteiger partial charge in [-0.05, 0) is 82.4 Å². The number of alkyl halides is 6. The number of hydrogen-bond acceptors (Lipinski definition) is 8. The van der Waals surface area contributed by atoms with E-state index in [9.17, 15) is 9.59 Å². The summed E-state index contributed by atoms with van der Waals surface area (Å²) < 4.78 is 18.3. The third kappa shape index (κ3) is 21.7. The van der Waals surface area contributed by atoms with Crippen molar-refractivity contribution in [3.8, 4) is 0 Å². The van der Waals surface area contributed by atoms with Gasteiger partial charge in [0.15, 0.2) is 0 Å². The van der Waals surface area contributed by atoms with Crippen LogP contribution in [0.1, 0.15) is 25.7 Å². The highest BCUT2D eigenvalue weighted by atomic mass is 35.6. The minimum Gasteiger partial charge on any atom is -0.450 e. The number of ether oxygens (including phenoxy) is 5. The van der Waals surface area contributed by atoms with Crippen molar-refractivity contribution in [2.75, 3.05) is 26.4 Å². The van der Waals surface area contributed by atoms with E-state index in [1.807, 2.05) is 0 Å². The molecule has 2 aliphatic heterocycles. The maximum absolute atomic E-state index is 10.5. The first-order valence-electron chi connectivity index (χ1n) is 8.03. The molecule has 2 fully saturated rings. The monoisotopic (exact) mass is 560 g/mol. The van der Waals surface area contributed by atoms with E-state index in [0.717, 1.165) is 38.9 Å². The van der Waals surface area contributed by atoms with Gasteiger partial charge < -0.3 is 28.8 Å². The quantitative estimate of drug-likeness (QED) is 0.254. The fourth-order valence-corrected chi connectivity index (χ4v) is 2.32. The van der Waals surface area contributed by atoms with Crippen molar-refractivity contribution in [1.82, 2.24) is 0 Å². The van der Waals surface area contributed by atoms with E-state index in [1.54, 1.807) is 0 Å². The summed E-state index contributed by atoms with van der Waals surface area (Å²) in [7, 11) is 0.